The number of amides is 2. The van der Waals surface area contributed by atoms with E-state index in [0.717, 1.165) is 5.01 Å². The molecule has 2 atom stereocenters. The van der Waals surface area contributed by atoms with Gasteiger partial charge in [-0.1, -0.05) is 20.8 Å². The molecule has 1 heterocycles. The lowest BCUT2D eigenvalue weighted by Crippen LogP contribution is -2.52. The van der Waals surface area contributed by atoms with Crippen LogP contribution in [0.2, 0.25) is 0 Å². The number of nitrogens with zero attached hydrogens (tertiary/aromatic N) is 1. The molecule has 106 valence electrons. The number of thiazole rings is 1. The van der Waals surface area contributed by atoms with Crippen molar-refractivity contribution in [3.8, 4) is 0 Å². The second-order valence-corrected chi connectivity index (χ2v) is 6.27. The molecule has 0 aliphatic carbocycles. The quantitative estimate of drug-likeness (QED) is 0.789. The highest BCUT2D eigenvalue weighted by Gasteiger charge is 2.32. The highest BCUT2D eigenvalue weighted by atomic mass is 32.1. The van der Waals surface area contributed by atoms with Crippen LogP contribution >= 0.6 is 11.3 Å². The summed E-state index contributed by atoms with van der Waals surface area (Å²) in [5, 5.41) is 16.9. The summed E-state index contributed by atoms with van der Waals surface area (Å²) in [7, 11) is 0. The van der Waals surface area contributed by atoms with E-state index >= 15 is 0 Å². The second kappa shape index (κ2) is 6.01. The van der Waals surface area contributed by atoms with Crippen LogP contribution in [0.1, 0.15) is 38.7 Å². The van der Waals surface area contributed by atoms with Crippen LogP contribution in [0.3, 0.4) is 0 Å². The van der Waals surface area contributed by atoms with Crippen LogP contribution in [0, 0.1) is 5.41 Å². The molecule has 19 heavy (non-hydrogen) atoms. The number of carbonyl (C=O) groups is 2. The van der Waals surface area contributed by atoms with Crippen LogP contribution in [0.15, 0.2) is 11.6 Å². The zero-order valence-electron chi connectivity index (χ0n) is 11.4. The van der Waals surface area contributed by atoms with E-state index in [9.17, 15) is 9.59 Å². The normalized spacial score (nSPS) is 14.5. The first-order valence-corrected chi connectivity index (χ1v) is 6.79. The minimum Gasteiger partial charge on any atom is -0.480 e. The van der Waals surface area contributed by atoms with E-state index < -0.39 is 23.5 Å². The Balaban J connectivity index is 2.61. The van der Waals surface area contributed by atoms with E-state index in [1.807, 2.05) is 5.38 Å². The number of carboxylic acid groups (broad SMARTS) is 1. The first-order chi connectivity index (χ1) is 8.71. The first-order valence-electron chi connectivity index (χ1n) is 5.91. The van der Waals surface area contributed by atoms with Crippen LogP contribution < -0.4 is 10.6 Å². The monoisotopic (exact) mass is 285 g/mol. The summed E-state index contributed by atoms with van der Waals surface area (Å²) in [5.41, 5.74) is -0.562. The van der Waals surface area contributed by atoms with Gasteiger partial charge in [0.05, 0.1) is 6.04 Å². The Kier molecular flexibility index (Phi) is 4.88. The number of carbonyl (C=O) groups excluding carboxylic acids is 1. The van der Waals surface area contributed by atoms with E-state index in [-0.39, 0.29) is 6.04 Å². The van der Waals surface area contributed by atoms with Crippen molar-refractivity contribution in [3.05, 3.63) is 16.6 Å². The van der Waals surface area contributed by atoms with Gasteiger partial charge < -0.3 is 15.7 Å². The average molecular weight is 285 g/mol. The summed E-state index contributed by atoms with van der Waals surface area (Å²) < 4.78 is 0. The molecule has 0 aliphatic heterocycles. The fourth-order valence-corrected chi connectivity index (χ4v) is 2.17. The van der Waals surface area contributed by atoms with Crippen molar-refractivity contribution in [1.82, 2.24) is 15.6 Å². The fourth-order valence-electron chi connectivity index (χ4n) is 1.53. The summed E-state index contributed by atoms with van der Waals surface area (Å²) >= 11 is 1.43. The van der Waals surface area contributed by atoms with E-state index in [2.05, 4.69) is 15.6 Å². The topological polar surface area (TPSA) is 91.3 Å². The third-order valence-corrected chi connectivity index (χ3v) is 3.52. The smallest absolute Gasteiger partial charge is 0.326 e. The van der Waals surface area contributed by atoms with Crippen molar-refractivity contribution in [1.29, 1.82) is 0 Å². The molecular formula is C12H19N3O3S. The number of hydrogen-bond donors (Lipinski definition) is 3. The number of aromatic nitrogens is 1. The molecule has 0 radical (unpaired) electrons. The molecule has 6 nitrogen and oxygen atoms in total. The number of urea groups is 1. The molecule has 2 unspecified atom stereocenters. The van der Waals surface area contributed by atoms with Crippen molar-refractivity contribution >= 4 is 23.3 Å². The van der Waals surface area contributed by atoms with Gasteiger partial charge in [0, 0.05) is 11.6 Å². The van der Waals surface area contributed by atoms with Crippen LogP contribution in [0.4, 0.5) is 4.79 Å². The minimum atomic E-state index is -1.05. The zero-order chi connectivity index (χ0) is 14.6. The van der Waals surface area contributed by atoms with Crippen molar-refractivity contribution in [2.45, 2.75) is 39.8 Å². The molecule has 2 amide bonds. The van der Waals surface area contributed by atoms with Gasteiger partial charge in [-0.3, -0.25) is 0 Å². The van der Waals surface area contributed by atoms with Crippen molar-refractivity contribution in [2.75, 3.05) is 0 Å². The van der Waals surface area contributed by atoms with Gasteiger partial charge in [-0.25, -0.2) is 14.6 Å². The van der Waals surface area contributed by atoms with Crippen molar-refractivity contribution in [2.24, 2.45) is 5.41 Å². The molecule has 0 aliphatic rings. The molecule has 0 spiro atoms. The van der Waals surface area contributed by atoms with Gasteiger partial charge >= 0.3 is 12.0 Å². The summed E-state index contributed by atoms with van der Waals surface area (Å²) in [6.45, 7) is 7.08. The van der Waals surface area contributed by atoms with E-state index in [1.165, 1.54) is 11.3 Å². The molecule has 1 aromatic heterocycles. The van der Waals surface area contributed by atoms with Gasteiger partial charge in [-0.15, -0.1) is 11.3 Å². The summed E-state index contributed by atoms with van der Waals surface area (Å²) in [5.74, 6) is -1.05. The molecule has 1 aromatic rings. The molecular weight excluding hydrogens is 266 g/mol. The summed E-state index contributed by atoms with van der Waals surface area (Å²) in [6.07, 6.45) is 1.66. The first kappa shape index (κ1) is 15.4. The van der Waals surface area contributed by atoms with Crippen LogP contribution in [-0.4, -0.2) is 28.1 Å². The van der Waals surface area contributed by atoms with E-state index in [4.69, 9.17) is 5.11 Å². The van der Waals surface area contributed by atoms with Gasteiger partial charge in [0.15, 0.2) is 0 Å². The molecule has 0 aromatic carbocycles. The number of nitrogens with one attached hydrogen (secondary N) is 2. The van der Waals surface area contributed by atoms with Crippen LogP contribution in [-0.2, 0) is 4.79 Å². The van der Waals surface area contributed by atoms with E-state index in [0.29, 0.717) is 0 Å². The Hall–Kier alpha value is -1.63. The molecule has 0 bridgehead atoms. The van der Waals surface area contributed by atoms with Gasteiger partial charge in [0.1, 0.15) is 11.0 Å². The highest BCUT2D eigenvalue weighted by molar-refractivity contribution is 7.09. The Bertz CT molecular complexity index is 440. The number of rotatable bonds is 4. The Morgan fingerprint density at radius 3 is 2.42 bits per heavy atom. The summed E-state index contributed by atoms with van der Waals surface area (Å²) in [6, 6.07) is -1.71. The fraction of sp³-hybridized carbons (Fsp3) is 0.583. The van der Waals surface area contributed by atoms with Gasteiger partial charge in [-0.2, -0.15) is 0 Å². The molecule has 3 N–H and O–H groups in total. The summed E-state index contributed by atoms with van der Waals surface area (Å²) in [4.78, 5) is 27.0. The van der Waals surface area contributed by atoms with Gasteiger partial charge in [0.2, 0.25) is 0 Å². The largest absolute Gasteiger partial charge is 0.480 e. The molecule has 0 fully saturated rings. The zero-order valence-corrected chi connectivity index (χ0v) is 12.2. The maximum absolute atomic E-state index is 11.8. The second-order valence-electron chi connectivity index (χ2n) is 5.35. The highest BCUT2D eigenvalue weighted by Crippen LogP contribution is 2.20. The maximum Gasteiger partial charge on any atom is 0.326 e. The van der Waals surface area contributed by atoms with Crippen LogP contribution in [0.5, 0.6) is 0 Å². The van der Waals surface area contributed by atoms with Crippen molar-refractivity contribution < 1.29 is 14.7 Å². The van der Waals surface area contributed by atoms with Crippen LogP contribution in [0.25, 0.3) is 0 Å². The lowest BCUT2D eigenvalue weighted by atomic mass is 9.87. The molecule has 0 saturated carbocycles. The lowest BCUT2D eigenvalue weighted by molar-refractivity contribution is -0.141. The Morgan fingerprint density at radius 2 is 2.00 bits per heavy atom. The predicted octanol–water partition coefficient (Wildman–Crippen LogP) is 2.00. The van der Waals surface area contributed by atoms with Gasteiger partial charge in [-0.05, 0) is 12.3 Å². The Labute approximate surface area is 116 Å². The third kappa shape index (κ3) is 4.51. The lowest BCUT2D eigenvalue weighted by Gasteiger charge is -2.28. The Morgan fingerprint density at radius 1 is 1.37 bits per heavy atom. The average Bonchev–Trinajstić information content (AvgIpc) is 2.77. The predicted molar refractivity (Wildman–Crippen MR) is 73.1 cm³/mol. The minimum absolute atomic E-state index is 0.255. The van der Waals surface area contributed by atoms with E-state index in [1.54, 1.807) is 33.9 Å². The number of carboxylic acids is 1. The maximum atomic E-state index is 11.8. The number of hydrogen-bond acceptors (Lipinski definition) is 4. The standard InChI is InChI=1S/C12H19N3O3S/c1-7(9-13-5-6-19-9)14-11(18)15-8(10(16)17)12(2,3)4/h5-8H,1-4H3,(H,16,17)(H2,14,15,18). The van der Waals surface area contributed by atoms with Crippen molar-refractivity contribution in [3.63, 3.8) is 0 Å². The molecule has 0 saturated heterocycles. The molecule has 7 heteroatoms. The van der Waals surface area contributed by atoms with Gasteiger partial charge in [0.25, 0.3) is 0 Å². The SMILES string of the molecule is CC(NC(=O)NC(C(=O)O)C(C)(C)C)c1nccs1. The molecule has 1 rings (SSSR count). The third-order valence-electron chi connectivity index (χ3n) is 2.56. The number of aliphatic carboxylic acids is 1.